The first kappa shape index (κ1) is 13.0. The molecule has 15 heavy (non-hydrogen) atoms. The molecule has 0 spiro atoms. The summed E-state index contributed by atoms with van der Waals surface area (Å²) in [4.78, 5) is 0. The fourth-order valence-corrected chi connectivity index (χ4v) is 2.09. The zero-order chi connectivity index (χ0) is 11.5. The van der Waals surface area contributed by atoms with Crippen molar-refractivity contribution in [3.05, 3.63) is 0 Å². The first-order valence-electron chi connectivity index (χ1n) is 6.36. The highest BCUT2D eigenvalue weighted by molar-refractivity contribution is 4.82. The van der Waals surface area contributed by atoms with Crippen LogP contribution in [0.2, 0.25) is 0 Å². The lowest BCUT2D eigenvalue weighted by Gasteiger charge is -2.23. The molecule has 0 aromatic carbocycles. The summed E-state index contributed by atoms with van der Waals surface area (Å²) < 4.78 is 5.95. The topological polar surface area (TPSA) is 21.3 Å². The van der Waals surface area contributed by atoms with Crippen LogP contribution in [0.5, 0.6) is 0 Å². The minimum Gasteiger partial charge on any atom is -0.371 e. The Hall–Kier alpha value is -0.0800. The van der Waals surface area contributed by atoms with E-state index in [-0.39, 0.29) is 5.60 Å². The maximum atomic E-state index is 5.95. The third kappa shape index (κ3) is 4.12. The van der Waals surface area contributed by atoms with Gasteiger partial charge < -0.3 is 10.1 Å². The molecule has 1 N–H and O–H groups in total. The van der Waals surface area contributed by atoms with Crippen molar-refractivity contribution in [3.8, 4) is 0 Å². The van der Waals surface area contributed by atoms with Gasteiger partial charge in [-0.2, -0.15) is 0 Å². The van der Waals surface area contributed by atoms with Crippen LogP contribution in [0.3, 0.4) is 0 Å². The first-order valence-corrected chi connectivity index (χ1v) is 6.36. The molecule has 3 atom stereocenters. The summed E-state index contributed by atoms with van der Waals surface area (Å²) in [6, 6.07) is 0.599. The molecule has 0 amide bonds. The highest BCUT2D eigenvalue weighted by atomic mass is 16.5. The Bertz CT molecular complexity index is 191. The lowest BCUT2D eigenvalue weighted by atomic mass is 10.0. The average Bonchev–Trinajstić information content (AvgIpc) is 2.53. The molecule has 0 bridgehead atoms. The Morgan fingerprint density at radius 3 is 2.53 bits per heavy atom. The minimum atomic E-state index is 0.103. The molecule has 3 unspecified atom stereocenters. The molecule has 2 heteroatoms. The molecule has 0 aliphatic carbocycles. The van der Waals surface area contributed by atoms with Gasteiger partial charge in [-0.25, -0.2) is 0 Å². The summed E-state index contributed by atoms with van der Waals surface area (Å²) in [5.74, 6) is 0.749. The van der Waals surface area contributed by atoms with Crippen LogP contribution >= 0.6 is 0 Å². The van der Waals surface area contributed by atoms with E-state index in [4.69, 9.17) is 4.74 Å². The molecule has 90 valence electrons. The molecule has 1 aliphatic heterocycles. The molecule has 1 rings (SSSR count). The average molecular weight is 213 g/mol. The Balaban J connectivity index is 2.21. The van der Waals surface area contributed by atoms with Gasteiger partial charge in [0.05, 0.1) is 11.7 Å². The fraction of sp³-hybridized carbons (Fsp3) is 1.00. The highest BCUT2D eigenvalue weighted by Gasteiger charge is 2.31. The van der Waals surface area contributed by atoms with Crippen LogP contribution in [0.15, 0.2) is 0 Å². The van der Waals surface area contributed by atoms with Gasteiger partial charge in [0, 0.05) is 12.6 Å². The van der Waals surface area contributed by atoms with E-state index in [9.17, 15) is 0 Å². The van der Waals surface area contributed by atoms with Crippen LogP contribution in [0, 0.1) is 5.92 Å². The predicted molar refractivity (Wildman–Crippen MR) is 65.1 cm³/mol. The van der Waals surface area contributed by atoms with Gasteiger partial charge in [-0.15, -0.1) is 0 Å². The molecular weight excluding hydrogens is 186 g/mol. The second-order valence-electron chi connectivity index (χ2n) is 5.62. The van der Waals surface area contributed by atoms with Crippen molar-refractivity contribution < 1.29 is 4.74 Å². The summed E-state index contributed by atoms with van der Waals surface area (Å²) in [6.45, 7) is 12.2. The van der Waals surface area contributed by atoms with Gasteiger partial charge in [-0.3, -0.25) is 0 Å². The van der Waals surface area contributed by atoms with Gasteiger partial charge in [0.1, 0.15) is 0 Å². The standard InChI is InChI=1S/C13H27NO/c1-6-10(2)11(3)14-9-12-7-8-13(4,5)15-12/h10-12,14H,6-9H2,1-5H3. The van der Waals surface area contributed by atoms with Crippen LogP contribution in [-0.2, 0) is 4.74 Å². The summed E-state index contributed by atoms with van der Waals surface area (Å²) in [6.07, 6.45) is 4.06. The Kier molecular flexibility index (Phi) is 4.60. The minimum absolute atomic E-state index is 0.103. The van der Waals surface area contributed by atoms with Crippen molar-refractivity contribution in [2.24, 2.45) is 5.92 Å². The largest absolute Gasteiger partial charge is 0.371 e. The quantitative estimate of drug-likeness (QED) is 0.758. The van der Waals surface area contributed by atoms with E-state index in [0.717, 1.165) is 12.5 Å². The smallest absolute Gasteiger partial charge is 0.0707 e. The highest BCUT2D eigenvalue weighted by Crippen LogP contribution is 2.28. The van der Waals surface area contributed by atoms with Crippen molar-refractivity contribution >= 4 is 0 Å². The monoisotopic (exact) mass is 213 g/mol. The van der Waals surface area contributed by atoms with Crippen LogP contribution in [0.1, 0.15) is 53.9 Å². The van der Waals surface area contributed by atoms with E-state index in [1.165, 1.54) is 19.3 Å². The first-order chi connectivity index (χ1) is 6.94. The molecule has 0 aromatic rings. The Labute approximate surface area is 94.8 Å². The fourth-order valence-electron chi connectivity index (χ4n) is 2.09. The normalized spacial score (nSPS) is 29.0. The van der Waals surface area contributed by atoms with Crippen molar-refractivity contribution in [1.29, 1.82) is 0 Å². The van der Waals surface area contributed by atoms with E-state index in [2.05, 4.69) is 39.9 Å². The van der Waals surface area contributed by atoms with E-state index in [0.29, 0.717) is 12.1 Å². The predicted octanol–water partition coefficient (Wildman–Crippen LogP) is 2.97. The lowest BCUT2D eigenvalue weighted by Crippen LogP contribution is -2.38. The summed E-state index contributed by atoms with van der Waals surface area (Å²) >= 11 is 0. The molecule has 1 heterocycles. The second-order valence-corrected chi connectivity index (χ2v) is 5.62. The van der Waals surface area contributed by atoms with Crippen molar-refractivity contribution in [2.75, 3.05) is 6.54 Å². The molecule has 1 aliphatic rings. The van der Waals surface area contributed by atoms with Crippen LogP contribution in [-0.4, -0.2) is 24.3 Å². The third-order valence-electron chi connectivity index (χ3n) is 3.72. The lowest BCUT2D eigenvalue weighted by molar-refractivity contribution is -0.0155. The van der Waals surface area contributed by atoms with Gasteiger partial charge in [-0.1, -0.05) is 20.3 Å². The van der Waals surface area contributed by atoms with Crippen molar-refractivity contribution in [2.45, 2.75) is 71.6 Å². The van der Waals surface area contributed by atoms with Gasteiger partial charge in [0.15, 0.2) is 0 Å². The molecule has 0 radical (unpaired) electrons. The third-order valence-corrected chi connectivity index (χ3v) is 3.72. The van der Waals surface area contributed by atoms with Gasteiger partial charge in [0.25, 0.3) is 0 Å². The molecule has 1 saturated heterocycles. The van der Waals surface area contributed by atoms with Crippen LogP contribution in [0.25, 0.3) is 0 Å². The number of ether oxygens (including phenoxy) is 1. The van der Waals surface area contributed by atoms with E-state index >= 15 is 0 Å². The van der Waals surface area contributed by atoms with Gasteiger partial charge in [0.2, 0.25) is 0 Å². The van der Waals surface area contributed by atoms with E-state index < -0.39 is 0 Å². The Morgan fingerprint density at radius 2 is 2.07 bits per heavy atom. The van der Waals surface area contributed by atoms with E-state index in [1.807, 2.05) is 0 Å². The summed E-state index contributed by atoms with van der Waals surface area (Å²) in [7, 11) is 0. The van der Waals surface area contributed by atoms with Gasteiger partial charge >= 0.3 is 0 Å². The molecule has 2 nitrogen and oxygen atoms in total. The number of rotatable bonds is 5. The maximum Gasteiger partial charge on any atom is 0.0707 e. The van der Waals surface area contributed by atoms with Crippen molar-refractivity contribution in [3.63, 3.8) is 0 Å². The molecular formula is C13H27NO. The summed E-state index contributed by atoms with van der Waals surface area (Å²) in [5, 5.41) is 3.59. The zero-order valence-corrected chi connectivity index (χ0v) is 11.0. The van der Waals surface area contributed by atoms with Crippen LogP contribution in [0.4, 0.5) is 0 Å². The van der Waals surface area contributed by atoms with Gasteiger partial charge in [-0.05, 0) is 39.5 Å². The molecule has 1 fully saturated rings. The second kappa shape index (κ2) is 5.31. The van der Waals surface area contributed by atoms with E-state index in [1.54, 1.807) is 0 Å². The maximum absolute atomic E-state index is 5.95. The number of hydrogen-bond donors (Lipinski definition) is 1. The molecule has 0 saturated carbocycles. The number of nitrogens with one attached hydrogen (secondary N) is 1. The van der Waals surface area contributed by atoms with Crippen LogP contribution < -0.4 is 5.32 Å². The van der Waals surface area contributed by atoms with Crippen molar-refractivity contribution in [1.82, 2.24) is 5.32 Å². The summed E-state index contributed by atoms with van der Waals surface area (Å²) in [5.41, 5.74) is 0.103. The Morgan fingerprint density at radius 1 is 1.40 bits per heavy atom. The zero-order valence-electron chi connectivity index (χ0n) is 11.0. The molecule has 0 aromatic heterocycles. The number of hydrogen-bond acceptors (Lipinski definition) is 2. The SMILES string of the molecule is CCC(C)C(C)NCC1CCC(C)(C)O1.